The second-order valence-electron chi connectivity index (χ2n) is 4.89. The number of anilines is 1. The maximum absolute atomic E-state index is 12.2. The van der Waals surface area contributed by atoms with Crippen LogP contribution in [0.25, 0.3) is 11.0 Å². The standard InChI is InChI=1S/C13H14N6O2.CH2O2/c1-18-11(20)7-6-10(15-18)13(21)14-8-4-3-5-9-12(8)17-19(2)16-9;2-1-3/h3-5H,6-7H2,1-2H3,(H,14,21);1H,(H,2,3). The van der Waals surface area contributed by atoms with E-state index >= 15 is 0 Å². The van der Waals surface area contributed by atoms with Crippen LogP contribution in [-0.2, 0) is 21.4 Å². The van der Waals surface area contributed by atoms with Crippen molar-refractivity contribution in [3.05, 3.63) is 18.2 Å². The molecule has 10 nitrogen and oxygen atoms in total. The van der Waals surface area contributed by atoms with Gasteiger partial charge in [0.1, 0.15) is 16.7 Å². The SMILES string of the molecule is CN1N=C(C(=O)Nc2cccc3nn(C)nc23)CCC1=O.O=CO. The fourth-order valence-electron chi connectivity index (χ4n) is 2.17. The van der Waals surface area contributed by atoms with Crippen LogP contribution in [0.3, 0.4) is 0 Å². The number of nitrogens with zero attached hydrogens (tertiary/aromatic N) is 5. The number of carbonyl (C=O) groups excluding carboxylic acids is 2. The van der Waals surface area contributed by atoms with Crippen LogP contribution >= 0.6 is 0 Å². The van der Waals surface area contributed by atoms with Crippen molar-refractivity contribution in [3.63, 3.8) is 0 Å². The van der Waals surface area contributed by atoms with Gasteiger partial charge in [-0.15, -0.1) is 0 Å². The zero-order chi connectivity index (χ0) is 17.7. The quantitative estimate of drug-likeness (QED) is 0.756. The number of amides is 2. The first-order valence-corrected chi connectivity index (χ1v) is 6.99. The summed E-state index contributed by atoms with van der Waals surface area (Å²) in [5.41, 5.74) is 2.23. The van der Waals surface area contributed by atoms with Crippen LogP contribution in [0.5, 0.6) is 0 Å². The number of fused-ring (bicyclic) bond motifs is 1. The molecule has 2 heterocycles. The molecule has 0 bridgehead atoms. The topological polar surface area (TPSA) is 130 Å². The summed E-state index contributed by atoms with van der Waals surface area (Å²) >= 11 is 0. The van der Waals surface area contributed by atoms with Crippen molar-refractivity contribution < 1.29 is 19.5 Å². The predicted octanol–water partition coefficient (Wildman–Crippen LogP) is 0.216. The van der Waals surface area contributed by atoms with Crippen LogP contribution in [0.15, 0.2) is 23.3 Å². The molecule has 2 amide bonds. The molecule has 1 aromatic carbocycles. The van der Waals surface area contributed by atoms with E-state index in [0.29, 0.717) is 28.9 Å². The number of hydrogen-bond donors (Lipinski definition) is 2. The molecule has 1 aliphatic heterocycles. The fraction of sp³-hybridized carbons (Fsp3) is 0.286. The number of hydrazone groups is 1. The number of aryl methyl sites for hydroxylation is 1. The summed E-state index contributed by atoms with van der Waals surface area (Å²) in [5.74, 6) is -0.421. The molecule has 2 aromatic rings. The van der Waals surface area contributed by atoms with Crippen molar-refractivity contribution in [1.29, 1.82) is 0 Å². The van der Waals surface area contributed by atoms with Crippen LogP contribution in [-0.4, -0.2) is 56.2 Å². The zero-order valence-corrected chi connectivity index (χ0v) is 13.1. The molecular weight excluding hydrogens is 316 g/mol. The first kappa shape index (κ1) is 17.1. The van der Waals surface area contributed by atoms with Gasteiger partial charge in [-0.25, -0.2) is 5.01 Å². The Kier molecular flexibility index (Phi) is 5.20. The number of rotatable bonds is 2. The molecule has 0 unspecified atom stereocenters. The molecule has 3 rings (SSSR count). The minimum atomic E-state index is -0.326. The number of nitrogens with one attached hydrogen (secondary N) is 1. The Balaban J connectivity index is 0.000000647. The Hall–Kier alpha value is -3.30. The van der Waals surface area contributed by atoms with Crippen molar-refractivity contribution in [2.24, 2.45) is 12.1 Å². The molecule has 0 spiro atoms. The molecule has 0 saturated heterocycles. The second kappa shape index (κ2) is 7.31. The van der Waals surface area contributed by atoms with Gasteiger partial charge in [-0.1, -0.05) is 6.07 Å². The third kappa shape index (κ3) is 3.72. The molecule has 0 atom stereocenters. The van der Waals surface area contributed by atoms with Crippen molar-refractivity contribution in [3.8, 4) is 0 Å². The minimum Gasteiger partial charge on any atom is -0.483 e. The van der Waals surface area contributed by atoms with Gasteiger partial charge in [-0.05, 0) is 12.1 Å². The average molecular weight is 332 g/mol. The summed E-state index contributed by atoms with van der Waals surface area (Å²) < 4.78 is 0. The Bertz CT molecular complexity index is 813. The maximum Gasteiger partial charge on any atom is 0.290 e. The molecule has 1 aliphatic rings. The highest BCUT2D eigenvalue weighted by Crippen LogP contribution is 2.20. The van der Waals surface area contributed by atoms with Gasteiger partial charge in [0.15, 0.2) is 0 Å². The Labute approximate surface area is 136 Å². The van der Waals surface area contributed by atoms with Gasteiger partial charge in [0, 0.05) is 26.9 Å². The number of aromatic nitrogens is 3. The summed E-state index contributed by atoms with van der Waals surface area (Å²) in [5, 5.41) is 23.3. The number of benzene rings is 1. The van der Waals surface area contributed by atoms with Crippen LogP contribution in [0, 0.1) is 0 Å². The van der Waals surface area contributed by atoms with Crippen molar-refractivity contribution >= 4 is 40.7 Å². The Morgan fingerprint density at radius 1 is 1.29 bits per heavy atom. The largest absolute Gasteiger partial charge is 0.483 e. The lowest BCUT2D eigenvalue weighted by Gasteiger charge is -2.18. The first-order chi connectivity index (χ1) is 11.5. The van der Waals surface area contributed by atoms with E-state index < -0.39 is 0 Å². The fourth-order valence-corrected chi connectivity index (χ4v) is 2.17. The molecule has 0 aliphatic carbocycles. The number of carbonyl (C=O) groups is 3. The first-order valence-electron chi connectivity index (χ1n) is 6.99. The van der Waals surface area contributed by atoms with Gasteiger partial charge >= 0.3 is 0 Å². The summed E-state index contributed by atoms with van der Waals surface area (Å²) in [7, 11) is 3.26. The monoisotopic (exact) mass is 332 g/mol. The lowest BCUT2D eigenvalue weighted by molar-refractivity contribution is -0.130. The van der Waals surface area contributed by atoms with Crippen molar-refractivity contribution in [2.45, 2.75) is 12.8 Å². The van der Waals surface area contributed by atoms with E-state index in [0.717, 1.165) is 0 Å². The molecule has 0 radical (unpaired) electrons. The van der Waals surface area contributed by atoms with E-state index in [-0.39, 0.29) is 24.7 Å². The van der Waals surface area contributed by atoms with Gasteiger partial charge in [0.05, 0.1) is 5.69 Å². The normalized spacial score (nSPS) is 13.8. The van der Waals surface area contributed by atoms with Crippen molar-refractivity contribution in [2.75, 3.05) is 12.4 Å². The van der Waals surface area contributed by atoms with Crippen LogP contribution in [0.2, 0.25) is 0 Å². The van der Waals surface area contributed by atoms with Gasteiger partial charge in [-0.2, -0.15) is 20.1 Å². The molecular formula is C14H16N6O4. The third-order valence-electron chi connectivity index (χ3n) is 3.23. The molecule has 0 saturated carbocycles. The van der Waals surface area contributed by atoms with E-state index in [2.05, 4.69) is 20.6 Å². The summed E-state index contributed by atoms with van der Waals surface area (Å²) in [6.45, 7) is -0.250. The van der Waals surface area contributed by atoms with Gasteiger partial charge in [-0.3, -0.25) is 14.4 Å². The Morgan fingerprint density at radius 2 is 2.00 bits per heavy atom. The summed E-state index contributed by atoms with van der Waals surface area (Å²) in [6.07, 6.45) is 0.629. The zero-order valence-electron chi connectivity index (χ0n) is 13.1. The molecule has 2 N–H and O–H groups in total. The van der Waals surface area contributed by atoms with Gasteiger partial charge in [0.2, 0.25) is 5.91 Å². The van der Waals surface area contributed by atoms with Gasteiger partial charge in [0.25, 0.3) is 12.4 Å². The van der Waals surface area contributed by atoms with E-state index in [1.165, 1.54) is 16.9 Å². The summed E-state index contributed by atoms with van der Waals surface area (Å²) in [4.78, 5) is 33.4. The molecule has 0 fully saturated rings. The third-order valence-corrected chi connectivity index (χ3v) is 3.23. The number of hydrogen-bond acceptors (Lipinski definition) is 6. The molecule has 10 heteroatoms. The molecule has 24 heavy (non-hydrogen) atoms. The average Bonchev–Trinajstić information content (AvgIpc) is 2.92. The summed E-state index contributed by atoms with van der Waals surface area (Å²) in [6, 6.07) is 5.38. The lowest BCUT2D eigenvalue weighted by Crippen LogP contribution is -2.34. The molecule has 1 aromatic heterocycles. The highest BCUT2D eigenvalue weighted by molar-refractivity contribution is 6.44. The van der Waals surface area contributed by atoms with Crippen LogP contribution < -0.4 is 5.32 Å². The van der Waals surface area contributed by atoms with Crippen LogP contribution in [0.4, 0.5) is 5.69 Å². The second-order valence-corrected chi connectivity index (χ2v) is 4.89. The highest BCUT2D eigenvalue weighted by atomic mass is 16.3. The van der Waals surface area contributed by atoms with Crippen molar-refractivity contribution in [1.82, 2.24) is 20.0 Å². The lowest BCUT2D eigenvalue weighted by atomic mass is 10.1. The highest BCUT2D eigenvalue weighted by Gasteiger charge is 2.22. The number of carboxylic acid groups (broad SMARTS) is 1. The van der Waals surface area contributed by atoms with E-state index in [1.54, 1.807) is 19.2 Å². The Morgan fingerprint density at radius 3 is 2.67 bits per heavy atom. The van der Waals surface area contributed by atoms with Gasteiger partial charge < -0.3 is 10.4 Å². The maximum atomic E-state index is 12.2. The predicted molar refractivity (Wildman–Crippen MR) is 85.3 cm³/mol. The molecule has 126 valence electrons. The van der Waals surface area contributed by atoms with E-state index in [1.807, 2.05) is 6.07 Å². The minimum absolute atomic E-state index is 0.0948. The van der Waals surface area contributed by atoms with E-state index in [9.17, 15) is 9.59 Å². The van der Waals surface area contributed by atoms with E-state index in [4.69, 9.17) is 9.90 Å². The smallest absolute Gasteiger partial charge is 0.290 e. The van der Waals surface area contributed by atoms with Crippen LogP contribution in [0.1, 0.15) is 12.8 Å².